The van der Waals surface area contributed by atoms with Crippen molar-refractivity contribution in [2.24, 2.45) is 0 Å². The van der Waals surface area contributed by atoms with Crippen molar-refractivity contribution in [3.63, 3.8) is 0 Å². The van der Waals surface area contributed by atoms with E-state index in [0.29, 0.717) is 17.1 Å². The van der Waals surface area contributed by atoms with Crippen LogP contribution in [0.5, 0.6) is 11.5 Å². The number of benzene rings is 2. The Balaban J connectivity index is 1.87. The van der Waals surface area contributed by atoms with E-state index in [-0.39, 0.29) is 13.3 Å². The smallest absolute Gasteiger partial charge is 0.417 e. The standard InChI is InChI=1S/C20H21NO5/c1-20(2,3)26-19(23)21(18(22)15-7-5-4-6-8-15)12-14-9-10-16-17(11-14)25-13-24-16/h4-11H,12-13H2,1-3H3. The van der Waals surface area contributed by atoms with Gasteiger partial charge in [-0.15, -0.1) is 0 Å². The SMILES string of the molecule is CC(C)(C)OC(=O)N(Cc1ccc2c(c1)OCO2)C(=O)c1ccccc1. The molecule has 26 heavy (non-hydrogen) atoms. The van der Waals surface area contributed by atoms with Gasteiger partial charge in [0, 0.05) is 5.56 Å². The van der Waals surface area contributed by atoms with Crippen molar-refractivity contribution >= 4 is 12.0 Å². The molecule has 1 heterocycles. The number of carbonyl (C=O) groups is 2. The first kappa shape index (κ1) is 17.8. The molecule has 0 spiro atoms. The van der Waals surface area contributed by atoms with Gasteiger partial charge in [-0.1, -0.05) is 24.3 Å². The summed E-state index contributed by atoms with van der Waals surface area (Å²) in [5.74, 6) is 0.822. The zero-order valence-electron chi connectivity index (χ0n) is 15.0. The quantitative estimate of drug-likeness (QED) is 0.833. The molecule has 6 nitrogen and oxygen atoms in total. The average molecular weight is 355 g/mol. The summed E-state index contributed by atoms with van der Waals surface area (Å²) in [6.07, 6.45) is -0.691. The van der Waals surface area contributed by atoms with Gasteiger partial charge in [0.15, 0.2) is 11.5 Å². The molecule has 2 aromatic carbocycles. The first-order valence-corrected chi connectivity index (χ1v) is 8.32. The molecule has 6 heteroatoms. The minimum atomic E-state index is -0.707. The van der Waals surface area contributed by atoms with E-state index in [2.05, 4.69) is 0 Å². The average Bonchev–Trinajstić information content (AvgIpc) is 3.06. The molecule has 0 atom stereocenters. The highest BCUT2D eigenvalue weighted by Gasteiger charge is 2.28. The van der Waals surface area contributed by atoms with Crippen molar-refractivity contribution in [1.82, 2.24) is 4.90 Å². The van der Waals surface area contributed by atoms with Crippen LogP contribution in [0.15, 0.2) is 48.5 Å². The van der Waals surface area contributed by atoms with E-state index in [9.17, 15) is 9.59 Å². The summed E-state index contributed by atoms with van der Waals surface area (Å²) >= 11 is 0. The Kier molecular flexibility index (Phi) is 4.84. The van der Waals surface area contributed by atoms with Crippen LogP contribution in [0.1, 0.15) is 36.7 Å². The summed E-state index contributed by atoms with van der Waals surface area (Å²) in [6, 6.07) is 14.0. The van der Waals surface area contributed by atoms with Gasteiger partial charge in [0.05, 0.1) is 6.54 Å². The van der Waals surface area contributed by atoms with Gasteiger partial charge in [-0.2, -0.15) is 0 Å². The van der Waals surface area contributed by atoms with Gasteiger partial charge >= 0.3 is 6.09 Å². The Bertz CT molecular complexity index is 811. The molecule has 0 fully saturated rings. The normalized spacial score (nSPS) is 12.6. The third-order valence-electron chi connectivity index (χ3n) is 3.66. The maximum absolute atomic E-state index is 12.9. The number of ether oxygens (including phenoxy) is 3. The van der Waals surface area contributed by atoms with Crippen molar-refractivity contribution in [2.75, 3.05) is 6.79 Å². The molecule has 0 saturated carbocycles. The molecule has 0 N–H and O–H groups in total. The van der Waals surface area contributed by atoms with Crippen molar-refractivity contribution in [3.05, 3.63) is 59.7 Å². The molecule has 0 saturated heterocycles. The zero-order chi connectivity index (χ0) is 18.7. The second-order valence-electron chi connectivity index (χ2n) is 6.93. The molecule has 3 rings (SSSR count). The monoisotopic (exact) mass is 355 g/mol. The first-order valence-electron chi connectivity index (χ1n) is 8.32. The van der Waals surface area contributed by atoms with E-state index >= 15 is 0 Å². The van der Waals surface area contributed by atoms with Crippen LogP contribution >= 0.6 is 0 Å². The Hall–Kier alpha value is -3.02. The predicted octanol–water partition coefficient (Wildman–Crippen LogP) is 3.99. The molecular formula is C20H21NO5. The predicted molar refractivity (Wildman–Crippen MR) is 95.1 cm³/mol. The molecule has 2 amide bonds. The Labute approximate surface area is 152 Å². The third-order valence-corrected chi connectivity index (χ3v) is 3.66. The molecule has 0 aromatic heterocycles. The van der Waals surface area contributed by atoms with Gasteiger partial charge < -0.3 is 14.2 Å². The topological polar surface area (TPSA) is 65.1 Å². The van der Waals surface area contributed by atoms with Crippen molar-refractivity contribution in [1.29, 1.82) is 0 Å². The molecular weight excluding hydrogens is 334 g/mol. The van der Waals surface area contributed by atoms with Crippen LogP contribution in [0.25, 0.3) is 0 Å². The highest BCUT2D eigenvalue weighted by atomic mass is 16.7. The number of nitrogens with zero attached hydrogens (tertiary/aromatic N) is 1. The number of rotatable bonds is 3. The summed E-state index contributed by atoms with van der Waals surface area (Å²) in [5.41, 5.74) is 0.449. The fourth-order valence-electron chi connectivity index (χ4n) is 2.49. The zero-order valence-corrected chi connectivity index (χ0v) is 15.0. The first-order chi connectivity index (χ1) is 12.3. The van der Waals surface area contributed by atoms with Crippen LogP contribution < -0.4 is 9.47 Å². The number of fused-ring (bicyclic) bond motifs is 1. The van der Waals surface area contributed by atoms with Crippen molar-refractivity contribution in [2.45, 2.75) is 32.9 Å². The Morgan fingerprint density at radius 3 is 2.42 bits per heavy atom. The minimum absolute atomic E-state index is 0.0687. The maximum Gasteiger partial charge on any atom is 0.417 e. The van der Waals surface area contributed by atoms with Crippen LogP contribution in [0.3, 0.4) is 0 Å². The second kappa shape index (κ2) is 7.07. The van der Waals surface area contributed by atoms with Crippen LogP contribution in [-0.4, -0.2) is 29.3 Å². The van der Waals surface area contributed by atoms with Crippen LogP contribution in [0, 0.1) is 0 Å². The maximum atomic E-state index is 12.9. The minimum Gasteiger partial charge on any atom is -0.454 e. The largest absolute Gasteiger partial charge is 0.454 e. The van der Waals surface area contributed by atoms with E-state index in [1.807, 2.05) is 6.07 Å². The highest BCUT2D eigenvalue weighted by molar-refractivity contribution is 6.02. The molecule has 1 aliphatic heterocycles. The van der Waals surface area contributed by atoms with Crippen molar-refractivity contribution in [3.8, 4) is 11.5 Å². The van der Waals surface area contributed by atoms with Gasteiger partial charge in [0.2, 0.25) is 6.79 Å². The third kappa shape index (κ3) is 4.14. The molecule has 0 radical (unpaired) electrons. The number of carbonyl (C=O) groups excluding carboxylic acids is 2. The van der Waals surface area contributed by atoms with E-state index in [1.165, 1.54) is 0 Å². The van der Waals surface area contributed by atoms with Crippen LogP contribution in [0.2, 0.25) is 0 Å². The fourth-order valence-corrected chi connectivity index (χ4v) is 2.49. The number of imide groups is 1. The second-order valence-corrected chi connectivity index (χ2v) is 6.93. The van der Waals surface area contributed by atoms with Crippen LogP contribution in [-0.2, 0) is 11.3 Å². The lowest BCUT2D eigenvalue weighted by atomic mass is 10.1. The number of hydrogen-bond acceptors (Lipinski definition) is 5. The molecule has 136 valence electrons. The van der Waals surface area contributed by atoms with Crippen molar-refractivity contribution < 1.29 is 23.8 Å². The summed E-state index contributed by atoms with van der Waals surface area (Å²) in [6.45, 7) is 5.51. The van der Waals surface area contributed by atoms with Crippen LogP contribution in [0.4, 0.5) is 4.79 Å². The number of amides is 2. The fraction of sp³-hybridized carbons (Fsp3) is 0.300. The molecule has 0 unspecified atom stereocenters. The lowest BCUT2D eigenvalue weighted by Crippen LogP contribution is -2.40. The summed E-state index contributed by atoms with van der Waals surface area (Å²) in [4.78, 5) is 26.6. The van der Waals surface area contributed by atoms with E-state index in [1.54, 1.807) is 63.2 Å². The van der Waals surface area contributed by atoms with E-state index < -0.39 is 17.6 Å². The molecule has 1 aliphatic rings. The van der Waals surface area contributed by atoms with E-state index in [4.69, 9.17) is 14.2 Å². The molecule has 2 aromatic rings. The highest BCUT2D eigenvalue weighted by Crippen LogP contribution is 2.33. The lowest BCUT2D eigenvalue weighted by molar-refractivity contribution is 0.0227. The Morgan fingerprint density at radius 2 is 1.73 bits per heavy atom. The summed E-state index contributed by atoms with van der Waals surface area (Å²) in [7, 11) is 0. The van der Waals surface area contributed by atoms with E-state index in [0.717, 1.165) is 10.5 Å². The molecule has 0 aliphatic carbocycles. The van der Waals surface area contributed by atoms with Gasteiger partial charge in [0.25, 0.3) is 5.91 Å². The summed E-state index contributed by atoms with van der Waals surface area (Å²) < 4.78 is 16.1. The lowest BCUT2D eigenvalue weighted by Gasteiger charge is -2.26. The Morgan fingerprint density at radius 1 is 1.04 bits per heavy atom. The van der Waals surface area contributed by atoms with Gasteiger partial charge in [0.1, 0.15) is 5.60 Å². The molecule has 0 bridgehead atoms. The van der Waals surface area contributed by atoms with Gasteiger partial charge in [-0.3, -0.25) is 4.79 Å². The number of hydrogen-bond donors (Lipinski definition) is 0. The van der Waals surface area contributed by atoms with Gasteiger partial charge in [-0.05, 0) is 50.6 Å². The summed E-state index contributed by atoms with van der Waals surface area (Å²) in [5, 5.41) is 0. The van der Waals surface area contributed by atoms with Gasteiger partial charge in [-0.25, -0.2) is 9.69 Å².